The Morgan fingerprint density at radius 2 is 1.36 bits per heavy atom. The van der Waals surface area contributed by atoms with E-state index in [1.54, 1.807) is 0 Å². The van der Waals surface area contributed by atoms with Crippen LogP contribution in [0.3, 0.4) is 0 Å². The summed E-state index contributed by atoms with van der Waals surface area (Å²) < 4.78 is 5.78. The van der Waals surface area contributed by atoms with Gasteiger partial charge in [-0.2, -0.15) is 0 Å². The van der Waals surface area contributed by atoms with Crippen molar-refractivity contribution in [2.45, 2.75) is 78.1 Å². The average Bonchev–Trinajstić information content (AvgIpc) is 2.53. The van der Waals surface area contributed by atoms with Crippen LogP contribution < -0.4 is 0 Å². The molecule has 0 saturated carbocycles. The maximum absolute atomic E-state index is 5.78. The van der Waals surface area contributed by atoms with Crippen molar-refractivity contribution in [2.24, 2.45) is 0 Å². The van der Waals surface area contributed by atoms with Gasteiger partial charge in [0.05, 0.1) is 12.4 Å². The summed E-state index contributed by atoms with van der Waals surface area (Å²) in [5.41, 5.74) is 1.21. The summed E-state index contributed by atoms with van der Waals surface area (Å²) >= 11 is 0. The molecule has 124 valence electrons. The van der Waals surface area contributed by atoms with Crippen molar-refractivity contribution in [3.05, 3.63) is 41.7 Å². The molecular formula is C21H34O. The molecule has 22 heavy (non-hydrogen) atoms. The number of hydrogen-bond donors (Lipinski definition) is 0. The number of rotatable bonds is 13. The second-order valence-electron chi connectivity index (χ2n) is 6.20. The Labute approximate surface area is 137 Å². The fraction of sp³-hybridized carbons (Fsp3) is 0.619. The van der Waals surface area contributed by atoms with Gasteiger partial charge >= 0.3 is 0 Å². The van der Waals surface area contributed by atoms with Crippen LogP contribution in [0.5, 0.6) is 0 Å². The van der Waals surface area contributed by atoms with Crippen LogP contribution in [0.15, 0.2) is 36.1 Å². The van der Waals surface area contributed by atoms with Crippen molar-refractivity contribution in [3.63, 3.8) is 0 Å². The lowest BCUT2D eigenvalue weighted by atomic mass is 10.1. The summed E-state index contributed by atoms with van der Waals surface area (Å²) in [5.74, 6) is 1.02. The third-order valence-electron chi connectivity index (χ3n) is 4.00. The highest BCUT2D eigenvalue weighted by Gasteiger charge is 1.95. The van der Waals surface area contributed by atoms with Crippen LogP contribution in [0.4, 0.5) is 0 Å². The lowest BCUT2D eigenvalue weighted by Crippen LogP contribution is -1.92. The van der Waals surface area contributed by atoms with Gasteiger partial charge in [-0.05, 0) is 25.0 Å². The first-order valence-electron chi connectivity index (χ1n) is 9.19. The molecule has 1 aromatic carbocycles. The summed E-state index contributed by atoms with van der Waals surface area (Å²) in [7, 11) is 0. The molecule has 0 aliphatic rings. The fourth-order valence-corrected chi connectivity index (χ4v) is 2.65. The van der Waals surface area contributed by atoms with Crippen LogP contribution in [0.25, 0.3) is 6.08 Å². The minimum absolute atomic E-state index is 0.853. The van der Waals surface area contributed by atoms with E-state index in [4.69, 9.17) is 4.74 Å². The van der Waals surface area contributed by atoms with Crippen LogP contribution in [0, 0.1) is 0 Å². The van der Waals surface area contributed by atoms with Crippen LogP contribution >= 0.6 is 0 Å². The molecule has 0 amide bonds. The quantitative estimate of drug-likeness (QED) is 0.282. The van der Waals surface area contributed by atoms with E-state index >= 15 is 0 Å². The van der Waals surface area contributed by atoms with Gasteiger partial charge < -0.3 is 4.74 Å². The van der Waals surface area contributed by atoms with Gasteiger partial charge in [0.25, 0.3) is 0 Å². The molecule has 1 aromatic rings. The van der Waals surface area contributed by atoms with Gasteiger partial charge in [-0.15, -0.1) is 0 Å². The van der Waals surface area contributed by atoms with E-state index in [0.29, 0.717) is 0 Å². The van der Waals surface area contributed by atoms with Crippen LogP contribution in [-0.4, -0.2) is 6.61 Å². The first-order valence-corrected chi connectivity index (χ1v) is 9.19. The fourth-order valence-electron chi connectivity index (χ4n) is 2.65. The van der Waals surface area contributed by atoms with E-state index in [9.17, 15) is 0 Å². The van der Waals surface area contributed by atoms with E-state index in [2.05, 4.69) is 37.3 Å². The molecule has 1 nitrogen and oxygen atoms in total. The molecule has 0 unspecified atom stereocenters. The highest BCUT2D eigenvalue weighted by atomic mass is 16.5. The SMILES string of the molecule is CCCCCCCCCCCCO/C(C)=C/c1ccccc1. The molecule has 0 bridgehead atoms. The molecule has 0 radical (unpaired) electrons. The van der Waals surface area contributed by atoms with E-state index in [0.717, 1.165) is 12.4 Å². The van der Waals surface area contributed by atoms with E-state index in [1.807, 2.05) is 13.0 Å². The van der Waals surface area contributed by atoms with E-state index < -0.39 is 0 Å². The lowest BCUT2D eigenvalue weighted by molar-refractivity contribution is 0.210. The molecule has 1 rings (SSSR count). The van der Waals surface area contributed by atoms with Gasteiger partial charge in [0.15, 0.2) is 0 Å². The smallest absolute Gasteiger partial charge is 0.0934 e. The first-order chi connectivity index (χ1) is 10.8. The molecule has 1 heteroatoms. The number of ether oxygens (including phenoxy) is 1. The standard InChI is InChI=1S/C21H34O/c1-3-4-5-6-7-8-9-10-11-15-18-22-20(2)19-21-16-13-12-14-17-21/h12-14,16-17,19H,3-11,15,18H2,1-2H3/b20-19+. The van der Waals surface area contributed by atoms with Gasteiger partial charge in [-0.1, -0.05) is 95.0 Å². The Bertz CT molecular complexity index is 380. The van der Waals surface area contributed by atoms with E-state index in [1.165, 1.54) is 69.8 Å². The Morgan fingerprint density at radius 3 is 1.95 bits per heavy atom. The minimum Gasteiger partial charge on any atom is -0.498 e. The molecule has 0 atom stereocenters. The second kappa shape index (κ2) is 13.4. The second-order valence-corrected chi connectivity index (χ2v) is 6.20. The number of benzene rings is 1. The number of unbranched alkanes of at least 4 members (excludes halogenated alkanes) is 9. The number of hydrogen-bond acceptors (Lipinski definition) is 1. The van der Waals surface area contributed by atoms with Crippen molar-refractivity contribution in [1.82, 2.24) is 0 Å². The third kappa shape index (κ3) is 10.5. The summed E-state index contributed by atoms with van der Waals surface area (Å²) in [5, 5.41) is 0. The third-order valence-corrected chi connectivity index (χ3v) is 4.00. The molecule has 0 spiro atoms. The Morgan fingerprint density at radius 1 is 0.818 bits per heavy atom. The maximum Gasteiger partial charge on any atom is 0.0934 e. The van der Waals surface area contributed by atoms with Gasteiger partial charge in [0, 0.05) is 0 Å². The molecule has 0 aliphatic carbocycles. The van der Waals surface area contributed by atoms with Crippen molar-refractivity contribution in [3.8, 4) is 0 Å². The largest absolute Gasteiger partial charge is 0.498 e. The maximum atomic E-state index is 5.78. The zero-order valence-corrected chi connectivity index (χ0v) is 14.7. The predicted molar refractivity (Wildman–Crippen MR) is 97.9 cm³/mol. The van der Waals surface area contributed by atoms with Crippen molar-refractivity contribution >= 4 is 6.08 Å². The van der Waals surface area contributed by atoms with Crippen molar-refractivity contribution in [1.29, 1.82) is 0 Å². The molecule has 0 aromatic heterocycles. The highest BCUT2D eigenvalue weighted by molar-refractivity contribution is 5.50. The molecular weight excluding hydrogens is 268 g/mol. The Kier molecular flexibility index (Phi) is 11.5. The number of allylic oxidation sites excluding steroid dienone is 1. The van der Waals surface area contributed by atoms with Crippen molar-refractivity contribution < 1.29 is 4.74 Å². The summed E-state index contributed by atoms with van der Waals surface area (Å²) in [6, 6.07) is 10.4. The zero-order chi connectivity index (χ0) is 15.9. The first kappa shape index (κ1) is 18.8. The molecule has 0 heterocycles. The van der Waals surface area contributed by atoms with Crippen LogP contribution in [0.1, 0.15) is 83.6 Å². The van der Waals surface area contributed by atoms with Crippen LogP contribution in [0.2, 0.25) is 0 Å². The van der Waals surface area contributed by atoms with Gasteiger partial charge in [-0.3, -0.25) is 0 Å². The summed E-state index contributed by atoms with van der Waals surface area (Å²) in [6.45, 7) is 5.17. The lowest BCUT2D eigenvalue weighted by Gasteiger charge is -2.06. The minimum atomic E-state index is 0.853. The van der Waals surface area contributed by atoms with Crippen molar-refractivity contribution in [2.75, 3.05) is 6.61 Å². The Balaban J connectivity index is 1.92. The normalized spacial score (nSPS) is 11.6. The Hall–Kier alpha value is -1.24. The van der Waals surface area contributed by atoms with Gasteiger partial charge in [0.2, 0.25) is 0 Å². The average molecular weight is 303 g/mol. The molecule has 0 saturated heterocycles. The molecule has 0 aliphatic heterocycles. The summed E-state index contributed by atoms with van der Waals surface area (Å²) in [4.78, 5) is 0. The monoisotopic (exact) mass is 302 g/mol. The van der Waals surface area contributed by atoms with E-state index in [-0.39, 0.29) is 0 Å². The molecule has 0 N–H and O–H groups in total. The summed E-state index contributed by atoms with van der Waals surface area (Å²) in [6.07, 6.45) is 15.8. The van der Waals surface area contributed by atoms with Gasteiger partial charge in [-0.25, -0.2) is 0 Å². The topological polar surface area (TPSA) is 9.23 Å². The molecule has 0 fully saturated rings. The predicted octanol–water partition coefficient (Wildman–Crippen LogP) is 6.98. The highest BCUT2D eigenvalue weighted by Crippen LogP contribution is 2.11. The van der Waals surface area contributed by atoms with Crippen LogP contribution in [-0.2, 0) is 4.74 Å². The zero-order valence-electron chi connectivity index (χ0n) is 14.7. The van der Waals surface area contributed by atoms with Gasteiger partial charge in [0.1, 0.15) is 0 Å².